The maximum absolute atomic E-state index is 12.9. The lowest BCUT2D eigenvalue weighted by Gasteiger charge is -2.46. The van der Waals surface area contributed by atoms with Crippen molar-refractivity contribution in [1.29, 1.82) is 0 Å². The van der Waals surface area contributed by atoms with Crippen molar-refractivity contribution in [3.63, 3.8) is 0 Å². The summed E-state index contributed by atoms with van der Waals surface area (Å²) in [5.41, 5.74) is 0.693. The second-order valence-corrected chi connectivity index (χ2v) is 6.43. The van der Waals surface area contributed by atoms with E-state index < -0.39 is 11.0 Å². The van der Waals surface area contributed by atoms with Crippen molar-refractivity contribution < 1.29 is 19.1 Å². The summed E-state index contributed by atoms with van der Waals surface area (Å²) in [6.07, 6.45) is 1.15. The molecule has 0 saturated carbocycles. The number of rotatable bonds is 2. The van der Waals surface area contributed by atoms with Crippen LogP contribution in [0.2, 0.25) is 0 Å². The second-order valence-electron chi connectivity index (χ2n) is 6.43. The van der Waals surface area contributed by atoms with E-state index in [4.69, 9.17) is 9.47 Å². The van der Waals surface area contributed by atoms with Gasteiger partial charge in [-0.15, -0.1) is 0 Å². The van der Waals surface area contributed by atoms with Crippen molar-refractivity contribution in [2.75, 3.05) is 7.11 Å². The maximum Gasteiger partial charge on any atom is 0.317 e. The number of carbonyl (C=O) groups is 2. The van der Waals surface area contributed by atoms with Crippen molar-refractivity contribution in [1.82, 2.24) is 0 Å². The molecule has 2 aliphatic rings. The molecule has 1 aliphatic heterocycles. The molecular weight excluding hydrogens is 304 g/mol. The minimum atomic E-state index is -1.12. The zero-order valence-corrected chi connectivity index (χ0v) is 13.5. The van der Waals surface area contributed by atoms with Gasteiger partial charge in [-0.3, -0.25) is 9.59 Å². The number of benzene rings is 2. The Labute approximate surface area is 140 Å². The molecule has 1 saturated heterocycles. The minimum absolute atomic E-state index is 0.220. The minimum Gasteiger partial charge on any atom is -0.468 e. The van der Waals surface area contributed by atoms with Crippen molar-refractivity contribution in [2.45, 2.75) is 24.9 Å². The molecule has 0 N–H and O–H groups in total. The van der Waals surface area contributed by atoms with Crippen LogP contribution in [0.5, 0.6) is 0 Å². The number of hydrogen-bond donors (Lipinski definition) is 0. The van der Waals surface area contributed by atoms with Crippen LogP contribution >= 0.6 is 0 Å². The number of methoxy groups -OCH3 is 1. The number of ether oxygens (including phenoxy) is 2. The molecule has 2 aromatic rings. The van der Waals surface area contributed by atoms with Crippen LogP contribution in [0.4, 0.5) is 0 Å². The molecule has 122 valence electrons. The summed E-state index contributed by atoms with van der Waals surface area (Å²) in [4.78, 5) is 25.2. The third-order valence-corrected chi connectivity index (χ3v) is 5.34. The zero-order valence-electron chi connectivity index (χ0n) is 13.5. The molecule has 1 fully saturated rings. The molecule has 24 heavy (non-hydrogen) atoms. The molecule has 1 aliphatic carbocycles. The average Bonchev–Trinajstić information content (AvgIpc) is 2.94. The third kappa shape index (κ3) is 1.74. The van der Waals surface area contributed by atoms with E-state index >= 15 is 0 Å². The van der Waals surface area contributed by atoms with Gasteiger partial charge in [0.05, 0.1) is 7.11 Å². The Morgan fingerprint density at radius 2 is 1.79 bits per heavy atom. The molecule has 4 rings (SSSR count). The van der Waals surface area contributed by atoms with Crippen LogP contribution in [0.3, 0.4) is 0 Å². The molecule has 4 nitrogen and oxygen atoms in total. The van der Waals surface area contributed by atoms with Gasteiger partial charge in [0.15, 0.2) is 5.60 Å². The standard InChI is InChI=1S/C20H18O4/c1-23-18(22)19-12-11-17(21)24-20(19,15-8-3-2-4-9-15)16-10-6-5-7-14(16)13-19/h2-10H,11-13H2,1H3/t19-,20+/m0/s1. The molecule has 0 aromatic heterocycles. The molecule has 0 unspecified atom stereocenters. The summed E-state index contributed by atoms with van der Waals surface area (Å²) >= 11 is 0. The van der Waals surface area contributed by atoms with E-state index in [0.29, 0.717) is 12.8 Å². The number of fused-ring (bicyclic) bond motifs is 3. The smallest absolute Gasteiger partial charge is 0.317 e. The fourth-order valence-electron chi connectivity index (χ4n) is 4.36. The summed E-state index contributed by atoms with van der Waals surface area (Å²) in [6, 6.07) is 17.3. The molecular formula is C20H18O4. The Kier molecular flexibility index (Phi) is 3.23. The highest BCUT2D eigenvalue weighted by atomic mass is 16.6. The lowest BCUT2D eigenvalue weighted by atomic mass is 9.64. The second kappa shape index (κ2) is 5.20. The largest absolute Gasteiger partial charge is 0.468 e. The molecule has 0 radical (unpaired) electrons. The highest BCUT2D eigenvalue weighted by molar-refractivity contribution is 5.86. The van der Waals surface area contributed by atoms with E-state index in [1.54, 1.807) is 0 Å². The first-order valence-electron chi connectivity index (χ1n) is 8.08. The Hall–Kier alpha value is -2.62. The van der Waals surface area contributed by atoms with Crippen LogP contribution in [0.15, 0.2) is 54.6 Å². The third-order valence-electron chi connectivity index (χ3n) is 5.34. The number of hydrogen-bond acceptors (Lipinski definition) is 4. The zero-order chi connectivity index (χ0) is 16.8. The van der Waals surface area contributed by atoms with E-state index in [1.165, 1.54) is 7.11 Å². The van der Waals surface area contributed by atoms with Crippen LogP contribution in [0, 0.1) is 5.41 Å². The number of esters is 2. The van der Waals surface area contributed by atoms with Crippen LogP contribution in [0.25, 0.3) is 0 Å². The lowest BCUT2D eigenvalue weighted by Crippen LogP contribution is -2.55. The summed E-state index contributed by atoms with van der Waals surface area (Å²) in [7, 11) is 1.40. The maximum atomic E-state index is 12.9. The van der Waals surface area contributed by atoms with E-state index in [1.807, 2.05) is 54.6 Å². The first kappa shape index (κ1) is 14.9. The predicted octanol–water partition coefficient (Wildman–Crippen LogP) is 2.98. The van der Waals surface area contributed by atoms with Gasteiger partial charge in [0.25, 0.3) is 0 Å². The van der Waals surface area contributed by atoms with E-state index in [0.717, 1.165) is 16.7 Å². The molecule has 0 bridgehead atoms. The summed E-state index contributed by atoms with van der Waals surface area (Å²) in [6.45, 7) is 0. The Morgan fingerprint density at radius 3 is 2.54 bits per heavy atom. The van der Waals surface area contributed by atoms with Crippen molar-refractivity contribution in [3.8, 4) is 0 Å². The van der Waals surface area contributed by atoms with E-state index in [-0.39, 0.29) is 18.4 Å². The van der Waals surface area contributed by atoms with Gasteiger partial charge in [0, 0.05) is 17.5 Å². The average molecular weight is 322 g/mol. The fraction of sp³-hybridized carbons (Fsp3) is 0.300. The quantitative estimate of drug-likeness (QED) is 0.798. The highest BCUT2D eigenvalue weighted by Gasteiger charge is 2.68. The topological polar surface area (TPSA) is 52.6 Å². The summed E-state index contributed by atoms with van der Waals surface area (Å²) in [5.74, 6) is -0.606. The van der Waals surface area contributed by atoms with Gasteiger partial charge < -0.3 is 9.47 Å². The first-order chi connectivity index (χ1) is 11.6. The van der Waals surface area contributed by atoms with Crippen LogP contribution in [-0.4, -0.2) is 19.0 Å². The Balaban J connectivity index is 2.06. The summed E-state index contributed by atoms with van der Waals surface area (Å²) in [5, 5.41) is 0. The molecule has 1 heterocycles. The van der Waals surface area contributed by atoms with Crippen LogP contribution < -0.4 is 0 Å². The van der Waals surface area contributed by atoms with Gasteiger partial charge in [0.2, 0.25) is 0 Å². The van der Waals surface area contributed by atoms with E-state index in [9.17, 15) is 9.59 Å². The predicted molar refractivity (Wildman–Crippen MR) is 87.1 cm³/mol. The van der Waals surface area contributed by atoms with Gasteiger partial charge in [-0.1, -0.05) is 54.6 Å². The highest BCUT2D eigenvalue weighted by Crippen LogP contribution is 2.61. The monoisotopic (exact) mass is 322 g/mol. The van der Waals surface area contributed by atoms with Gasteiger partial charge in [-0.2, -0.15) is 0 Å². The van der Waals surface area contributed by atoms with E-state index in [2.05, 4.69) is 0 Å². The molecule has 2 atom stereocenters. The molecule has 4 heteroatoms. The fourth-order valence-corrected chi connectivity index (χ4v) is 4.36. The summed E-state index contributed by atoms with van der Waals surface area (Å²) < 4.78 is 11.2. The van der Waals surface area contributed by atoms with Crippen LogP contribution in [-0.2, 0) is 31.1 Å². The number of carbonyl (C=O) groups excluding carboxylic acids is 2. The van der Waals surface area contributed by atoms with Crippen molar-refractivity contribution in [2.24, 2.45) is 5.41 Å². The lowest BCUT2D eigenvalue weighted by molar-refractivity contribution is -0.196. The molecule has 2 aromatic carbocycles. The van der Waals surface area contributed by atoms with Crippen molar-refractivity contribution >= 4 is 11.9 Å². The van der Waals surface area contributed by atoms with Gasteiger partial charge in [0.1, 0.15) is 5.41 Å². The molecule has 0 spiro atoms. The van der Waals surface area contributed by atoms with Gasteiger partial charge in [-0.25, -0.2) is 0 Å². The molecule has 0 amide bonds. The van der Waals surface area contributed by atoms with Gasteiger partial charge >= 0.3 is 11.9 Å². The Morgan fingerprint density at radius 1 is 1.08 bits per heavy atom. The van der Waals surface area contributed by atoms with Crippen LogP contribution in [0.1, 0.15) is 29.5 Å². The normalized spacial score (nSPS) is 27.8. The van der Waals surface area contributed by atoms with Crippen molar-refractivity contribution in [3.05, 3.63) is 71.3 Å². The SMILES string of the molecule is COC(=O)[C@@]12CCC(=O)O[C@]1(c1ccccc1)c1ccccc1C2. The Bertz CT molecular complexity index is 813. The first-order valence-corrected chi connectivity index (χ1v) is 8.08. The van der Waals surface area contributed by atoms with Gasteiger partial charge in [-0.05, 0) is 18.4 Å².